The van der Waals surface area contributed by atoms with Crippen LogP contribution in [0.1, 0.15) is 35.4 Å². The highest BCUT2D eigenvalue weighted by atomic mass is 19.1. The fourth-order valence-electron chi connectivity index (χ4n) is 3.27. The second-order valence-electron chi connectivity index (χ2n) is 6.87. The van der Waals surface area contributed by atoms with Crippen LogP contribution in [0.2, 0.25) is 0 Å². The summed E-state index contributed by atoms with van der Waals surface area (Å²) in [6.45, 7) is 3.83. The first-order chi connectivity index (χ1) is 13.5. The number of hydrogen-bond acceptors (Lipinski definition) is 5. The number of para-hydroxylation sites is 1. The number of ether oxygens (including phenoxy) is 1. The van der Waals surface area contributed by atoms with Crippen LogP contribution in [0.25, 0.3) is 5.69 Å². The van der Waals surface area contributed by atoms with Gasteiger partial charge >= 0.3 is 0 Å². The lowest BCUT2D eigenvalue weighted by atomic mass is 10.1. The van der Waals surface area contributed by atoms with Gasteiger partial charge in [0.1, 0.15) is 11.5 Å². The molecule has 2 N–H and O–H groups in total. The van der Waals surface area contributed by atoms with E-state index in [0.717, 1.165) is 6.42 Å². The highest BCUT2D eigenvalue weighted by molar-refractivity contribution is 5.92. The Balaban J connectivity index is 1.77. The van der Waals surface area contributed by atoms with Gasteiger partial charge in [0.15, 0.2) is 5.69 Å². The van der Waals surface area contributed by atoms with Gasteiger partial charge in [-0.25, -0.2) is 9.07 Å². The van der Waals surface area contributed by atoms with Crippen LogP contribution in [0, 0.1) is 12.7 Å². The van der Waals surface area contributed by atoms with Gasteiger partial charge < -0.3 is 15.4 Å². The van der Waals surface area contributed by atoms with Crippen LogP contribution in [-0.2, 0) is 4.74 Å². The van der Waals surface area contributed by atoms with Gasteiger partial charge in [-0.15, -0.1) is 0 Å². The molecule has 0 atom stereocenters. The van der Waals surface area contributed by atoms with Crippen molar-refractivity contribution in [2.75, 3.05) is 26.2 Å². The van der Waals surface area contributed by atoms with E-state index in [1.165, 1.54) is 16.8 Å². The van der Waals surface area contributed by atoms with Crippen LogP contribution >= 0.6 is 0 Å². The Bertz CT molecular complexity index is 891. The average Bonchev–Trinajstić information content (AvgIpc) is 2.69. The molecule has 0 aliphatic carbocycles. The summed E-state index contributed by atoms with van der Waals surface area (Å²) in [5.41, 5.74) is 5.46. The molecule has 1 fully saturated rings. The maximum Gasteiger partial charge on any atom is 0.278 e. The zero-order valence-corrected chi connectivity index (χ0v) is 15.9. The number of piperidine rings is 1. The van der Waals surface area contributed by atoms with Crippen molar-refractivity contribution in [2.24, 2.45) is 5.73 Å². The van der Waals surface area contributed by atoms with Crippen molar-refractivity contribution in [3.8, 4) is 5.69 Å². The second kappa shape index (κ2) is 9.07. The number of likely N-dealkylation sites (tertiary alicyclic amines) is 1. The number of carbonyl (C=O) groups excluding carboxylic acids is 1. The van der Waals surface area contributed by atoms with E-state index in [-0.39, 0.29) is 17.5 Å². The van der Waals surface area contributed by atoms with E-state index >= 15 is 0 Å². The lowest BCUT2D eigenvalue weighted by Gasteiger charge is -2.31. The Hall–Kier alpha value is -2.58. The lowest BCUT2D eigenvalue weighted by molar-refractivity contribution is 0.00820. The molecule has 1 saturated heterocycles. The van der Waals surface area contributed by atoms with E-state index in [1.807, 2.05) is 0 Å². The van der Waals surface area contributed by atoms with Gasteiger partial charge in [-0.3, -0.25) is 9.59 Å². The van der Waals surface area contributed by atoms with Crippen molar-refractivity contribution in [3.63, 3.8) is 0 Å². The van der Waals surface area contributed by atoms with Crippen molar-refractivity contribution >= 4 is 5.91 Å². The number of hydrogen-bond donors (Lipinski definition) is 1. The molecule has 1 amide bonds. The molecule has 3 rings (SSSR count). The molecule has 2 aromatic rings. The Kier molecular flexibility index (Phi) is 6.53. The third-order valence-corrected chi connectivity index (χ3v) is 4.82. The van der Waals surface area contributed by atoms with Gasteiger partial charge in [-0.1, -0.05) is 12.1 Å². The smallest absolute Gasteiger partial charge is 0.278 e. The van der Waals surface area contributed by atoms with E-state index < -0.39 is 17.2 Å². The maximum absolute atomic E-state index is 14.2. The summed E-state index contributed by atoms with van der Waals surface area (Å²) in [5.74, 6) is -0.911. The van der Waals surface area contributed by atoms with Crippen LogP contribution in [0.5, 0.6) is 0 Å². The van der Waals surface area contributed by atoms with Gasteiger partial charge in [0.25, 0.3) is 5.91 Å². The van der Waals surface area contributed by atoms with Gasteiger partial charge in [0.2, 0.25) is 5.43 Å². The molecule has 2 heterocycles. The predicted octanol–water partition coefficient (Wildman–Crippen LogP) is 1.65. The Morgan fingerprint density at radius 2 is 2.04 bits per heavy atom. The summed E-state index contributed by atoms with van der Waals surface area (Å²) in [5, 5.41) is 4.19. The fraction of sp³-hybridized carbons (Fsp3) is 0.450. The lowest BCUT2D eigenvalue weighted by Crippen LogP contribution is -2.43. The topological polar surface area (TPSA) is 90.4 Å². The van der Waals surface area contributed by atoms with E-state index in [1.54, 1.807) is 30.0 Å². The van der Waals surface area contributed by atoms with Gasteiger partial charge in [-0.05, 0) is 44.9 Å². The highest BCUT2D eigenvalue weighted by Crippen LogP contribution is 2.17. The molecule has 0 saturated carbocycles. The number of aryl methyl sites for hydroxylation is 1. The van der Waals surface area contributed by atoms with Crippen LogP contribution in [0.15, 0.2) is 35.1 Å². The third-order valence-electron chi connectivity index (χ3n) is 4.82. The number of nitrogens with two attached hydrogens (primary N) is 1. The molecule has 1 aromatic heterocycles. The molecule has 8 heteroatoms. The Morgan fingerprint density at radius 1 is 1.32 bits per heavy atom. The number of nitrogens with zero attached hydrogens (tertiary/aromatic N) is 3. The summed E-state index contributed by atoms with van der Waals surface area (Å²) in [4.78, 5) is 26.8. The molecule has 0 spiro atoms. The number of benzene rings is 1. The molecule has 1 aliphatic heterocycles. The molecule has 28 heavy (non-hydrogen) atoms. The van der Waals surface area contributed by atoms with Gasteiger partial charge in [0.05, 0.1) is 6.10 Å². The predicted molar refractivity (Wildman–Crippen MR) is 103 cm³/mol. The minimum Gasteiger partial charge on any atom is -0.378 e. The molecule has 0 bridgehead atoms. The minimum absolute atomic E-state index is 0.0941. The summed E-state index contributed by atoms with van der Waals surface area (Å²) >= 11 is 0. The molecule has 0 unspecified atom stereocenters. The average molecular weight is 388 g/mol. The van der Waals surface area contributed by atoms with Crippen molar-refractivity contribution < 1.29 is 13.9 Å². The summed E-state index contributed by atoms with van der Waals surface area (Å²) in [6, 6.07) is 7.43. The first kappa shape index (κ1) is 20.2. The quantitative estimate of drug-likeness (QED) is 0.760. The molecule has 1 aromatic carbocycles. The first-order valence-corrected chi connectivity index (χ1v) is 9.48. The van der Waals surface area contributed by atoms with Crippen molar-refractivity contribution in [1.29, 1.82) is 0 Å². The third kappa shape index (κ3) is 4.45. The number of amides is 1. The SMILES string of the molecule is Cc1cc(=O)c(C(=O)N2CCC(OCCCN)CC2)nn1-c1ccccc1F. The number of halogens is 1. The molecule has 150 valence electrons. The second-order valence-corrected chi connectivity index (χ2v) is 6.87. The van der Waals surface area contributed by atoms with Crippen LogP contribution in [-0.4, -0.2) is 52.9 Å². The van der Waals surface area contributed by atoms with E-state index in [4.69, 9.17) is 10.5 Å². The van der Waals surface area contributed by atoms with E-state index in [2.05, 4.69) is 5.10 Å². The van der Waals surface area contributed by atoms with Crippen molar-refractivity contribution in [3.05, 3.63) is 57.8 Å². The van der Waals surface area contributed by atoms with Gasteiger partial charge in [0, 0.05) is 31.5 Å². The number of carbonyl (C=O) groups is 1. The molecule has 7 nitrogen and oxygen atoms in total. The Labute approximate surface area is 162 Å². The fourth-order valence-corrected chi connectivity index (χ4v) is 3.27. The highest BCUT2D eigenvalue weighted by Gasteiger charge is 2.27. The number of rotatable bonds is 6. The summed E-state index contributed by atoms with van der Waals surface area (Å²) < 4.78 is 21.2. The molecular weight excluding hydrogens is 363 g/mol. The van der Waals surface area contributed by atoms with Crippen LogP contribution in [0.4, 0.5) is 4.39 Å². The van der Waals surface area contributed by atoms with Crippen LogP contribution in [0.3, 0.4) is 0 Å². The number of aromatic nitrogens is 2. The largest absolute Gasteiger partial charge is 0.378 e. The molecule has 1 aliphatic rings. The minimum atomic E-state index is -0.476. The Morgan fingerprint density at radius 3 is 2.71 bits per heavy atom. The normalized spacial score (nSPS) is 15.0. The van der Waals surface area contributed by atoms with Crippen molar-refractivity contribution in [1.82, 2.24) is 14.7 Å². The first-order valence-electron chi connectivity index (χ1n) is 9.48. The molecule has 0 radical (unpaired) electrons. The summed E-state index contributed by atoms with van der Waals surface area (Å²) in [7, 11) is 0. The van der Waals surface area contributed by atoms with Gasteiger partial charge in [-0.2, -0.15) is 5.10 Å². The molecular formula is C20H25FN4O3. The van der Waals surface area contributed by atoms with E-state index in [0.29, 0.717) is 44.8 Å². The monoisotopic (exact) mass is 388 g/mol. The zero-order valence-electron chi connectivity index (χ0n) is 15.9. The summed E-state index contributed by atoms with van der Waals surface area (Å²) in [6.07, 6.45) is 2.30. The maximum atomic E-state index is 14.2. The van der Waals surface area contributed by atoms with Crippen LogP contribution < -0.4 is 11.2 Å². The van der Waals surface area contributed by atoms with E-state index in [9.17, 15) is 14.0 Å². The zero-order chi connectivity index (χ0) is 20.1. The standard InChI is InChI=1S/C20H25FN4O3/c1-14-13-18(26)19(23-25(14)17-6-3-2-5-16(17)21)20(27)24-10-7-15(8-11-24)28-12-4-9-22/h2-3,5-6,13,15H,4,7-12,22H2,1H3. The van der Waals surface area contributed by atoms with Crippen molar-refractivity contribution in [2.45, 2.75) is 32.3 Å².